The molecule has 0 fully saturated rings. The third-order valence-electron chi connectivity index (χ3n) is 5.14. The number of hydrogen-bond donors (Lipinski definition) is 2. The third kappa shape index (κ3) is 4.48. The van der Waals surface area contributed by atoms with Crippen molar-refractivity contribution in [3.05, 3.63) is 64.2 Å². The molecule has 0 radical (unpaired) electrons. The molecule has 1 aliphatic rings. The van der Waals surface area contributed by atoms with E-state index in [2.05, 4.69) is 10.9 Å². The number of carbonyl (C=O) groups is 2. The Balaban J connectivity index is 1.56. The normalized spacial score (nSPS) is 14.0. The molecule has 1 unspecified atom stereocenters. The molecule has 0 saturated carbocycles. The lowest BCUT2D eigenvalue weighted by Crippen LogP contribution is -2.47. The number of rotatable bonds is 4. The lowest BCUT2D eigenvalue weighted by atomic mass is 9.90. The summed E-state index contributed by atoms with van der Waals surface area (Å²) in [5, 5.41) is 0. The average Bonchev–Trinajstić information content (AvgIpc) is 2.68. The van der Waals surface area contributed by atoms with Gasteiger partial charge < -0.3 is 4.74 Å². The highest BCUT2D eigenvalue weighted by molar-refractivity contribution is 5.96. The molecule has 0 aliphatic heterocycles. The highest BCUT2D eigenvalue weighted by Crippen LogP contribution is 2.23. The van der Waals surface area contributed by atoms with Crippen LogP contribution in [-0.2, 0) is 17.6 Å². The summed E-state index contributed by atoms with van der Waals surface area (Å²) in [6.45, 7) is 5.60. The zero-order chi connectivity index (χ0) is 19.4. The second kappa shape index (κ2) is 8.25. The zero-order valence-electron chi connectivity index (χ0n) is 16.1. The fourth-order valence-electron chi connectivity index (χ4n) is 3.26. The van der Waals surface area contributed by atoms with E-state index in [-0.39, 0.29) is 5.91 Å². The minimum absolute atomic E-state index is 0.323. The number of hydrogen-bond acceptors (Lipinski definition) is 3. The highest BCUT2D eigenvalue weighted by Gasteiger charge is 2.18. The van der Waals surface area contributed by atoms with Crippen LogP contribution in [0.2, 0.25) is 0 Å². The van der Waals surface area contributed by atoms with E-state index in [1.807, 2.05) is 50.2 Å². The van der Waals surface area contributed by atoms with Crippen molar-refractivity contribution >= 4 is 11.8 Å². The van der Waals surface area contributed by atoms with Crippen LogP contribution in [0.5, 0.6) is 5.75 Å². The van der Waals surface area contributed by atoms with Gasteiger partial charge in [-0.2, -0.15) is 0 Å². The number of amides is 2. The van der Waals surface area contributed by atoms with Gasteiger partial charge in [0, 0.05) is 5.56 Å². The van der Waals surface area contributed by atoms with Gasteiger partial charge in [0.2, 0.25) is 0 Å². The fourth-order valence-corrected chi connectivity index (χ4v) is 3.26. The molecule has 2 amide bonds. The topological polar surface area (TPSA) is 67.4 Å². The molecule has 1 aliphatic carbocycles. The van der Waals surface area contributed by atoms with Gasteiger partial charge in [0.15, 0.2) is 6.10 Å². The fraction of sp³-hybridized carbons (Fsp3) is 0.364. The predicted octanol–water partition coefficient (Wildman–Crippen LogP) is 3.41. The Bertz CT molecular complexity index is 861. The van der Waals surface area contributed by atoms with Crippen LogP contribution < -0.4 is 15.6 Å². The summed E-state index contributed by atoms with van der Waals surface area (Å²) in [6, 6.07) is 11.5. The van der Waals surface area contributed by atoms with Crippen molar-refractivity contribution in [3.63, 3.8) is 0 Å². The summed E-state index contributed by atoms with van der Waals surface area (Å²) in [5.41, 5.74) is 10.1. The molecule has 5 nitrogen and oxygen atoms in total. The molecule has 5 heteroatoms. The molecule has 1 atom stereocenters. The van der Waals surface area contributed by atoms with E-state index in [1.54, 1.807) is 6.92 Å². The summed E-state index contributed by atoms with van der Waals surface area (Å²) in [7, 11) is 0. The summed E-state index contributed by atoms with van der Waals surface area (Å²) >= 11 is 0. The number of aryl methyl sites for hydroxylation is 3. The molecule has 2 N–H and O–H groups in total. The summed E-state index contributed by atoms with van der Waals surface area (Å²) in [6.07, 6.45) is 3.70. The lowest BCUT2D eigenvalue weighted by molar-refractivity contribution is -0.128. The molecule has 0 bridgehead atoms. The summed E-state index contributed by atoms with van der Waals surface area (Å²) in [4.78, 5) is 24.6. The van der Waals surface area contributed by atoms with Crippen LogP contribution in [0, 0.1) is 13.8 Å². The summed E-state index contributed by atoms with van der Waals surface area (Å²) < 4.78 is 5.74. The van der Waals surface area contributed by atoms with Crippen LogP contribution in [0.3, 0.4) is 0 Å². The zero-order valence-corrected chi connectivity index (χ0v) is 16.1. The monoisotopic (exact) mass is 366 g/mol. The first kappa shape index (κ1) is 19.0. The quantitative estimate of drug-likeness (QED) is 0.815. The van der Waals surface area contributed by atoms with Crippen molar-refractivity contribution in [2.45, 2.75) is 52.6 Å². The second-order valence-corrected chi connectivity index (χ2v) is 7.09. The molecule has 142 valence electrons. The van der Waals surface area contributed by atoms with Crippen LogP contribution in [0.1, 0.15) is 52.4 Å². The number of fused-ring (bicyclic) bond motifs is 1. The maximum absolute atomic E-state index is 12.3. The first-order valence-corrected chi connectivity index (χ1v) is 9.40. The Morgan fingerprint density at radius 3 is 2.52 bits per heavy atom. The Labute approximate surface area is 160 Å². The van der Waals surface area contributed by atoms with Crippen LogP contribution in [0.25, 0.3) is 0 Å². The van der Waals surface area contributed by atoms with E-state index in [0.29, 0.717) is 11.3 Å². The molecule has 0 spiro atoms. The second-order valence-electron chi connectivity index (χ2n) is 7.09. The molecule has 3 rings (SSSR count). The van der Waals surface area contributed by atoms with Crippen LogP contribution >= 0.6 is 0 Å². The molecule has 2 aromatic carbocycles. The maximum atomic E-state index is 12.3. The number of benzene rings is 2. The van der Waals surface area contributed by atoms with Gasteiger partial charge in [0.1, 0.15) is 5.75 Å². The average molecular weight is 366 g/mol. The largest absolute Gasteiger partial charge is 0.481 e. The number of hydrazine groups is 1. The minimum atomic E-state index is -0.727. The van der Waals surface area contributed by atoms with Gasteiger partial charge in [0.25, 0.3) is 11.8 Å². The maximum Gasteiger partial charge on any atom is 0.279 e. The molecule has 0 heterocycles. The third-order valence-corrected chi connectivity index (χ3v) is 5.14. The van der Waals surface area contributed by atoms with Crippen molar-refractivity contribution in [3.8, 4) is 5.75 Å². The van der Waals surface area contributed by atoms with Gasteiger partial charge >= 0.3 is 0 Å². The number of carbonyl (C=O) groups excluding carboxylic acids is 2. The van der Waals surface area contributed by atoms with Crippen molar-refractivity contribution in [2.24, 2.45) is 0 Å². The molecule has 2 aromatic rings. The molecule has 0 aromatic heterocycles. The molecular formula is C22H26N2O3. The lowest BCUT2D eigenvalue weighted by Gasteiger charge is -2.18. The predicted molar refractivity (Wildman–Crippen MR) is 105 cm³/mol. The Kier molecular flexibility index (Phi) is 5.79. The van der Waals surface area contributed by atoms with E-state index in [1.165, 1.54) is 17.5 Å². The van der Waals surface area contributed by atoms with Gasteiger partial charge in [0.05, 0.1) is 0 Å². The highest BCUT2D eigenvalue weighted by atomic mass is 16.5. The van der Waals surface area contributed by atoms with E-state index in [4.69, 9.17) is 4.74 Å². The first-order chi connectivity index (χ1) is 13.0. The first-order valence-electron chi connectivity index (χ1n) is 9.40. The smallest absolute Gasteiger partial charge is 0.279 e. The van der Waals surface area contributed by atoms with E-state index >= 15 is 0 Å². The van der Waals surface area contributed by atoms with Crippen LogP contribution in [0.15, 0.2) is 36.4 Å². The number of ether oxygens (including phenoxy) is 1. The van der Waals surface area contributed by atoms with Crippen LogP contribution in [-0.4, -0.2) is 17.9 Å². The minimum Gasteiger partial charge on any atom is -0.481 e. The van der Waals surface area contributed by atoms with Gasteiger partial charge in [-0.3, -0.25) is 20.4 Å². The van der Waals surface area contributed by atoms with Gasteiger partial charge in [-0.15, -0.1) is 0 Å². The standard InChI is InChI=1S/C22H26N2O3/c1-14-7-6-10-20(15(14)2)27-16(3)21(25)23-24-22(26)19-12-11-17-8-4-5-9-18(17)13-19/h6-7,10-13,16H,4-5,8-9H2,1-3H3,(H,23,25)(H,24,26). The van der Waals surface area contributed by atoms with Gasteiger partial charge in [-0.25, -0.2) is 0 Å². The summed E-state index contributed by atoms with van der Waals surface area (Å²) in [5.74, 6) is -0.0588. The van der Waals surface area contributed by atoms with E-state index < -0.39 is 12.0 Å². The van der Waals surface area contributed by atoms with E-state index in [9.17, 15) is 9.59 Å². The van der Waals surface area contributed by atoms with Crippen LogP contribution in [0.4, 0.5) is 0 Å². The van der Waals surface area contributed by atoms with Crippen molar-refractivity contribution in [1.29, 1.82) is 0 Å². The molecule has 0 saturated heterocycles. The Morgan fingerprint density at radius 1 is 1.00 bits per heavy atom. The van der Waals surface area contributed by atoms with Crippen molar-refractivity contribution in [1.82, 2.24) is 10.9 Å². The van der Waals surface area contributed by atoms with E-state index in [0.717, 1.165) is 30.4 Å². The van der Waals surface area contributed by atoms with Gasteiger partial charge in [-0.05, 0) is 86.9 Å². The molecule has 27 heavy (non-hydrogen) atoms. The Morgan fingerprint density at radius 2 is 1.74 bits per heavy atom. The number of nitrogens with one attached hydrogen (secondary N) is 2. The van der Waals surface area contributed by atoms with Crippen molar-refractivity contribution in [2.75, 3.05) is 0 Å². The SMILES string of the molecule is Cc1cccc(OC(C)C(=O)NNC(=O)c2ccc3c(c2)CCCC3)c1C. The molecular weight excluding hydrogens is 340 g/mol. The van der Waals surface area contributed by atoms with Crippen molar-refractivity contribution < 1.29 is 14.3 Å². The van der Waals surface area contributed by atoms with Gasteiger partial charge in [-0.1, -0.05) is 18.2 Å². The Hall–Kier alpha value is -2.82.